The number of rotatable bonds is 7. The summed E-state index contributed by atoms with van der Waals surface area (Å²) in [7, 11) is 0. The van der Waals surface area contributed by atoms with Crippen LogP contribution in [0.5, 0.6) is 0 Å². The van der Waals surface area contributed by atoms with Gasteiger partial charge in [-0.05, 0) is 39.7 Å². The Balaban J connectivity index is 1.74. The fraction of sp³-hybridized carbons (Fsp3) is 0.733. The van der Waals surface area contributed by atoms with Crippen molar-refractivity contribution in [3.8, 4) is 0 Å². The topological polar surface area (TPSA) is 68.2 Å². The molecule has 0 radical (unpaired) electrons. The summed E-state index contributed by atoms with van der Waals surface area (Å²) in [5.74, 6) is 0.0185. The summed E-state index contributed by atoms with van der Waals surface area (Å²) in [5, 5.41) is 10.5. The zero-order valence-corrected chi connectivity index (χ0v) is 13.1. The molecule has 1 aromatic rings. The van der Waals surface area contributed by atoms with E-state index >= 15 is 0 Å². The van der Waals surface area contributed by atoms with Gasteiger partial charge in [-0.25, -0.2) is 0 Å². The van der Waals surface area contributed by atoms with Crippen LogP contribution in [0, 0.1) is 0 Å². The lowest BCUT2D eigenvalue weighted by Crippen LogP contribution is -2.49. The first kappa shape index (κ1) is 16.0. The van der Waals surface area contributed by atoms with Crippen LogP contribution in [0.2, 0.25) is 0 Å². The Morgan fingerprint density at radius 2 is 2.29 bits per heavy atom. The number of nitrogens with zero attached hydrogens (tertiary/aromatic N) is 2. The molecule has 1 aliphatic heterocycles. The second kappa shape index (κ2) is 7.56. The molecule has 0 aromatic carbocycles. The van der Waals surface area contributed by atoms with Crippen molar-refractivity contribution in [3.05, 3.63) is 18.5 Å². The van der Waals surface area contributed by atoms with Crippen molar-refractivity contribution >= 4 is 5.91 Å². The molecule has 2 heterocycles. The van der Waals surface area contributed by atoms with Gasteiger partial charge >= 0.3 is 0 Å². The smallest absolute Gasteiger partial charge is 0.236 e. The maximum absolute atomic E-state index is 12.1. The number of hydrogen-bond acceptors (Lipinski definition) is 4. The van der Waals surface area contributed by atoms with Gasteiger partial charge in [0.1, 0.15) is 0 Å². The van der Waals surface area contributed by atoms with Crippen molar-refractivity contribution in [2.75, 3.05) is 13.2 Å². The summed E-state index contributed by atoms with van der Waals surface area (Å²) in [6.07, 6.45) is 6.01. The van der Waals surface area contributed by atoms with Gasteiger partial charge in [-0.1, -0.05) is 0 Å². The lowest BCUT2D eigenvalue weighted by atomic mass is 10.1. The maximum Gasteiger partial charge on any atom is 0.236 e. The SMILES string of the molecule is C[C@H](N[C@H](C)[C@@H](C)n1cccn1)C(=O)NC[C@H]1CCCO1. The van der Waals surface area contributed by atoms with E-state index in [0.717, 1.165) is 19.4 Å². The van der Waals surface area contributed by atoms with Crippen LogP contribution in [0.1, 0.15) is 39.7 Å². The molecule has 6 heteroatoms. The zero-order chi connectivity index (χ0) is 15.2. The van der Waals surface area contributed by atoms with Gasteiger partial charge in [-0.3, -0.25) is 9.48 Å². The molecule has 1 aromatic heterocycles. The van der Waals surface area contributed by atoms with Crippen LogP contribution < -0.4 is 10.6 Å². The highest BCUT2D eigenvalue weighted by atomic mass is 16.5. The zero-order valence-electron chi connectivity index (χ0n) is 13.1. The molecule has 0 saturated carbocycles. The summed E-state index contributed by atoms with van der Waals surface area (Å²) in [5.41, 5.74) is 0. The van der Waals surface area contributed by atoms with Gasteiger partial charge in [0.2, 0.25) is 5.91 Å². The minimum atomic E-state index is -0.237. The molecular weight excluding hydrogens is 268 g/mol. The van der Waals surface area contributed by atoms with E-state index in [4.69, 9.17) is 4.74 Å². The predicted octanol–water partition coefficient (Wildman–Crippen LogP) is 1.11. The molecule has 2 rings (SSSR count). The van der Waals surface area contributed by atoms with Gasteiger partial charge in [-0.15, -0.1) is 0 Å². The largest absolute Gasteiger partial charge is 0.376 e. The number of amides is 1. The second-order valence-corrected chi connectivity index (χ2v) is 5.78. The first-order chi connectivity index (χ1) is 10.1. The quantitative estimate of drug-likeness (QED) is 0.790. The van der Waals surface area contributed by atoms with Crippen molar-refractivity contribution in [3.63, 3.8) is 0 Å². The average Bonchev–Trinajstić information content (AvgIpc) is 3.16. The average molecular weight is 294 g/mol. The first-order valence-electron chi connectivity index (χ1n) is 7.72. The summed E-state index contributed by atoms with van der Waals surface area (Å²) in [6.45, 7) is 7.45. The third kappa shape index (κ3) is 4.54. The maximum atomic E-state index is 12.1. The Labute approximate surface area is 126 Å². The van der Waals surface area contributed by atoms with E-state index in [-0.39, 0.29) is 30.1 Å². The van der Waals surface area contributed by atoms with Crippen molar-refractivity contribution in [1.82, 2.24) is 20.4 Å². The van der Waals surface area contributed by atoms with Crippen LogP contribution in [0.15, 0.2) is 18.5 Å². The predicted molar refractivity (Wildman–Crippen MR) is 81.0 cm³/mol. The molecule has 2 N–H and O–H groups in total. The second-order valence-electron chi connectivity index (χ2n) is 5.78. The van der Waals surface area contributed by atoms with E-state index in [9.17, 15) is 4.79 Å². The fourth-order valence-corrected chi connectivity index (χ4v) is 2.53. The lowest BCUT2D eigenvalue weighted by molar-refractivity contribution is -0.123. The molecule has 0 spiro atoms. The van der Waals surface area contributed by atoms with Crippen LogP contribution in [0.25, 0.3) is 0 Å². The number of carbonyl (C=O) groups is 1. The van der Waals surface area contributed by atoms with Crippen LogP contribution in [-0.4, -0.2) is 47.0 Å². The van der Waals surface area contributed by atoms with Crippen molar-refractivity contribution in [1.29, 1.82) is 0 Å². The highest BCUT2D eigenvalue weighted by Gasteiger charge is 2.22. The number of ether oxygens (including phenoxy) is 1. The molecular formula is C15H26N4O2. The molecule has 4 atom stereocenters. The minimum absolute atomic E-state index is 0.0185. The normalized spacial score (nSPS) is 22.7. The van der Waals surface area contributed by atoms with E-state index in [1.807, 2.05) is 23.9 Å². The minimum Gasteiger partial charge on any atom is -0.376 e. The van der Waals surface area contributed by atoms with Gasteiger partial charge in [0.15, 0.2) is 0 Å². The summed E-state index contributed by atoms with van der Waals surface area (Å²) < 4.78 is 7.40. The Morgan fingerprint density at radius 1 is 1.48 bits per heavy atom. The summed E-state index contributed by atoms with van der Waals surface area (Å²) in [4.78, 5) is 12.1. The van der Waals surface area contributed by atoms with E-state index in [2.05, 4.69) is 29.6 Å². The molecule has 1 fully saturated rings. The summed E-state index contributed by atoms with van der Waals surface area (Å²) in [6, 6.07) is 2.00. The van der Waals surface area contributed by atoms with E-state index in [1.165, 1.54) is 0 Å². The third-order valence-corrected chi connectivity index (χ3v) is 4.10. The van der Waals surface area contributed by atoms with Gasteiger partial charge in [0, 0.05) is 31.6 Å². The summed E-state index contributed by atoms with van der Waals surface area (Å²) >= 11 is 0. The molecule has 0 bridgehead atoms. The Bertz CT molecular complexity index is 429. The Hall–Kier alpha value is -1.40. The highest BCUT2D eigenvalue weighted by molar-refractivity contribution is 5.81. The number of carbonyl (C=O) groups excluding carboxylic acids is 1. The van der Waals surface area contributed by atoms with E-state index < -0.39 is 0 Å². The lowest BCUT2D eigenvalue weighted by Gasteiger charge is -2.25. The molecule has 21 heavy (non-hydrogen) atoms. The molecule has 1 amide bonds. The molecule has 0 aliphatic carbocycles. The molecule has 118 valence electrons. The van der Waals surface area contributed by atoms with Crippen LogP contribution >= 0.6 is 0 Å². The number of nitrogens with one attached hydrogen (secondary N) is 2. The van der Waals surface area contributed by atoms with Gasteiger partial charge in [-0.2, -0.15) is 5.10 Å². The standard InChI is InChI=1S/C15H26N4O2/c1-11(13(3)19-8-5-7-17-19)18-12(2)15(20)16-10-14-6-4-9-21-14/h5,7-8,11-14,18H,4,6,9-10H2,1-3H3,(H,16,20)/t11-,12+,13-,14-/m1/s1. The van der Waals surface area contributed by atoms with Gasteiger partial charge in [0.25, 0.3) is 0 Å². The van der Waals surface area contributed by atoms with Crippen LogP contribution in [0.3, 0.4) is 0 Å². The number of aromatic nitrogens is 2. The van der Waals surface area contributed by atoms with Gasteiger partial charge < -0.3 is 15.4 Å². The van der Waals surface area contributed by atoms with Crippen molar-refractivity contribution in [2.45, 2.75) is 57.8 Å². The van der Waals surface area contributed by atoms with Crippen molar-refractivity contribution < 1.29 is 9.53 Å². The molecule has 0 unspecified atom stereocenters. The Morgan fingerprint density at radius 3 is 2.90 bits per heavy atom. The number of hydrogen-bond donors (Lipinski definition) is 2. The van der Waals surface area contributed by atoms with Crippen molar-refractivity contribution in [2.24, 2.45) is 0 Å². The monoisotopic (exact) mass is 294 g/mol. The third-order valence-electron chi connectivity index (χ3n) is 4.10. The highest BCUT2D eigenvalue weighted by Crippen LogP contribution is 2.11. The molecule has 6 nitrogen and oxygen atoms in total. The van der Waals surface area contributed by atoms with Crippen LogP contribution in [0.4, 0.5) is 0 Å². The Kier molecular flexibility index (Phi) is 5.76. The van der Waals surface area contributed by atoms with Crippen LogP contribution in [-0.2, 0) is 9.53 Å². The van der Waals surface area contributed by atoms with E-state index in [0.29, 0.717) is 6.54 Å². The van der Waals surface area contributed by atoms with E-state index in [1.54, 1.807) is 6.20 Å². The van der Waals surface area contributed by atoms with Gasteiger partial charge in [0.05, 0.1) is 18.2 Å². The first-order valence-corrected chi connectivity index (χ1v) is 7.72. The molecule has 1 aliphatic rings. The fourth-order valence-electron chi connectivity index (χ4n) is 2.53. The molecule has 1 saturated heterocycles.